The van der Waals surface area contributed by atoms with Crippen molar-refractivity contribution in [2.24, 2.45) is 0 Å². The normalized spacial score (nSPS) is 15.9. The Bertz CT molecular complexity index is 3030. The number of carbonyl (C=O) groups is 3. The predicted molar refractivity (Wildman–Crippen MR) is 257 cm³/mol. The summed E-state index contributed by atoms with van der Waals surface area (Å²) in [7, 11) is -6.14. The first-order valence-electron chi connectivity index (χ1n) is 19.9. The van der Waals surface area contributed by atoms with Gasteiger partial charge in [0.2, 0.25) is 0 Å². The van der Waals surface area contributed by atoms with Crippen LogP contribution >= 0.6 is 62.3 Å². The fourth-order valence-corrected chi connectivity index (χ4v) is 10.8. The summed E-state index contributed by atoms with van der Waals surface area (Å²) in [5.74, 6) is 0.347. The molecule has 0 saturated carbocycles. The molecular weight excluding hydrogens is 1040 g/mol. The molecule has 2 saturated heterocycles. The largest absolute Gasteiger partial charge is 0.429 e. The van der Waals surface area contributed by atoms with Crippen LogP contribution in [0.5, 0.6) is 5.75 Å². The number of rotatable bonds is 10. The van der Waals surface area contributed by atoms with E-state index in [1.165, 1.54) is 0 Å². The summed E-state index contributed by atoms with van der Waals surface area (Å²) in [6, 6.07) is 24.4. The zero-order chi connectivity index (χ0) is 47.5. The summed E-state index contributed by atoms with van der Waals surface area (Å²) in [5.41, 5.74) is 9.72. The number of nitrogens with one attached hydrogen (secondary N) is 2. The first-order valence-corrected chi connectivity index (χ1v) is 25.9. The lowest BCUT2D eigenvalue weighted by Crippen LogP contribution is -2.50. The zero-order valence-corrected chi connectivity index (χ0v) is 41.2. The monoisotopic (exact) mass is 1080 g/mol. The van der Waals surface area contributed by atoms with E-state index in [0.29, 0.717) is 72.2 Å². The van der Waals surface area contributed by atoms with Gasteiger partial charge in [-0.15, -0.1) is 0 Å². The predicted octanol–water partition coefficient (Wildman–Crippen LogP) is 7.36. The molecule has 2 aliphatic rings. The number of nitrogens with zero attached hydrogens (tertiary/aromatic N) is 6. The second-order valence-corrected chi connectivity index (χ2v) is 22.2. The summed E-state index contributed by atoms with van der Waals surface area (Å²) in [6.07, 6.45) is 0. The Morgan fingerprint density at radius 3 is 1.36 bits per heavy atom. The van der Waals surface area contributed by atoms with Gasteiger partial charge in [0.05, 0.1) is 44.4 Å². The van der Waals surface area contributed by atoms with Crippen LogP contribution in [0.2, 0.25) is 20.1 Å². The molecule has 0 radical (unpaired) electrons. The molecule has 2 aliphatic heterocycles. The number of amides is 2. The van der Waals surface area contributed by atoms with Crippen LogP contribution in [0.3, 0.4) is 0 Å². The van der Waals surface area contributed by atoms with Crippen LogP contribution in [-0.4, -0.2) is 113 Å². The van der Waals surface area contributed by atoms with E-state index >= 15 is 0 Å². The van der Waals surface area contributed by atoms with Crippen molar-refractivity contribution in [3.8, 4) is 39.9 Å². The van der Waals surface area contributed by atoms with Gasteiger partial charge in [-0.1, -0.05) is 62.3 Å². The molecule has 0 atom stereocenters. The van der Waals surface area contributed by atoms with Gasteiger partial charge in [-0.25, -0.2) is 36.8 Å². The minimum Gasteiger partial charge on any atom is -0.429 e. The Morgan fingerprint density at radius 2 is 1.00 bits per heavy atom. The standard InChI is InChI=1S/C22H20Cl2N4O5S.C21H19BrCl2N4O3S/c1-14-20(22(30)26-27-8-10-34(31,32)11-9-27)25-21(18-7-2-15(23)12-19(18)24)28(14)16-3-5-17(6-4-16)33-13-29;1-13-19(21(29)26-27-8-10-32(30,31)11-9-27)25-20(17-7-4-15(23)12-18(17)24)28(13)16-5-2-14(22)3-6-16/h2-7,12-13H,8-11H2,1H3,(H,26,30);2-7,12H,8-11H2,1H3,(H,26,29). The van der Waals surface area contributed by atoms with Gasteiger partial charge in [-0.05, 0) is 98.8 Å². The highest BCUT2D eigenvalue weighted by Crippen LogP contribution is 2.35. The molecular formula is C43H39BrCl4N8O8S2. The molecule has 2 N–H and O–H groups in total. The Hall–Kier alpha value is -4.83. The quantitative estimate of drug-likeness (QED) is 0.130. The molecule has 66 heavy (non-hydrogen) atoms. The molecule has 2 fully saturated rings. The minimum absolute atomic E-state index is 0.00519. The zero-order valence-electron chi connectivity index (χ0n) is 35.0. The maximum Gasteiger partial charge on any atom is 0.298 e. The summed E-state index contributed by atoms with van der Waals surface area (Å²) < 4.78 is 56.1. The van der Waals surface area contributed by atoms with Crippen molar-refractivity contribution in [3.63, 3.8) is 0 Å². The molecule has 0 unspecified atom stereocenters. The second kappa shape index (κ2) is 20.6. The molecule has 346 valence electrons. The van der Waals surface area contributed by atoms with Crippen LogP contribution in [0, 0.1) is 13.8 Å². The molecule has 0 bridgehead atoms. The molecule has 4 heterocycles. The van der Waals surface area contributed by atoms with Gasteiger partial charge in [0.25, 0.3) is 18.3 Å². The fraction of sp³-hybridized carbons (Fsp3) is 0.233. The van der Waals surface area contributed by atoms with Gasteiger partial charge in [0.15, 0.2) is 31.1 Å². The number of aromatic nitrogens is 4. The van der Waals surface area contributed by atoms with E-state index in [4.69, 9.17) is 51.1 Å². The van der Waals surface area contributed by atoms with E-state index < -0.39 is 31.5 Å². The highest BCUT2D eigenvalue weighted by Gasteiger charge is 2.29. The molecule has 8 rings (SSSR count). The lowest BCUT2D eigenvalue weighted by atomic mass is 10.2. The van der Waals surface area contributed by atoms with Crippen LogP contribution in [0.1, 0.15) is 32.4 Å². The van der Waals surface area contributed by atoms with Crippen molar-refractivity contribution in [2.75, 3.05) is 49.2 Å². The third-order valence-corrected chi connectivity index (χ3v) is 15.4. The second-order valence-electron chi connectivity index (χ2n) is 15.0. The highest BCUT2D eigenvalue weighted by molar-refractivity contribution is 9.10. The maximum absolute atomic E-state index is 13.1. The van der Waals surface area contributed by atoms with E-state index in [9.17, 15) is 31.2 Å². The molecule has 6 aromatic rings. The van der Waals surface area contributed by atoms with E-state index in [2.05, 4.69) is 36.7 Å². The molecule has 2 aromatic heterocycles. The van der Waals surface area contributed by atoms with E-state index in [1.807, 2.05) is 28.8 Å². The van der Waals surface area contributed by atoms with Crippen LogP contribution in [0.15, 0.2) is 89.4 Å². The van der Waals surface area contributed by atoms with E-state index in [-0.39, 0.29) is 60.6 Å². The van der Waals surface area contributed by atoms with Crippen molar-refractivity contribution in [2.45, 2.75) is 13.8 Å². The van der Waals surface area contributed by atoms with Gasteiger partial charge in [-0.2, -0.15) is 0 Å². The summed E-state index contributed by atoms with van der Waals surface area (Å²) in [5, 5.41) is 4.90. The molecule has 23 heteroatoms. The van der Waals surface area contributed by atoms with Crippen LogP contribution in [-0.2, 0) is 24.5 Å². The topological polar surface area (TPSA) is 195 Å². The van der Waals surface area contributed by atoms with Crippen LogP contribution in [0.25, 0.3) is 34.2 Å². The third kappa shape index (κ3) is 11.5. The Morgan fingerprint density at radius 1 is 0.621 bits per heavy atom. The van der Waals surface area contributed by atoms with Crippen molar-refractivity contribution in [1.82, 2.24) is 40.0 Å². The van der Waals surface area contributed by atoms with Crippen molar-refractivity contribution in [3.05, 3.63) is 132 Å². The number of ether oxygens (including phenoxy) is 1. The Balaban J connectivity index is 0.000000197. The number of hydrogen-bond acceptors (Lipinski definition) is 12. The lowest BCUT2D eigenvalue weighted by molar-refractivity contribution is -0.120. The number of imidazole rings is 2. The van der Waals surface area contributed by atoms with E-state index in [1.54, 1.807) is 89.1 Å². The van der Waals surface area contributed by atoms with E-state index in [0.717, 1.165) is 10.2 Å². The van der Waals surface area contributed by atoms with Crippen LogP contribution < -0.4 is 15.6 Å². The van der Waals surface area contributed by atoms with Crippen molar-refractivity contribution in [1.29, 1.82) is 0 Å². The number of sulfone groups is 2. The smallest absolute Gasteiger partial charge is 0.298 e. The summed E-state index contributed by atoms with van der Waals surface area (Å²) >= 11 is 28.5. The van der Waals surface area contributed by atoms with Gasteiger partial charge >= 0.3 is 0 Å². The number of halogens is 5. The summed E-state index contributed by atoms with van der Waals surface area (Å²) in [6.45, 7) is 4.74. The van der Waals surface area contributed by atoms with Gasteiger partial charge in [0.1, 0.15) is 17.4 Å². The number of hydrogen-bond donors (Lipinski definition) is 2. The van der Waals surface area contributed by atoms with Gasteiger partial charge < -0.3 is 4.74 Å². The van der Waals surface area contributed by atoms with Crippen LogP contribution in [0.4, 0.5) is 0 Å². The van der Waals surface area contributed by atoms with Crippen molar-refractivity contribution < 1.29 is 36.0 Å². The molecule has 0 spiro atoms. The number of hydrazine groups is 2. The van der Waals surface area contributed by atoms with Gasteiger partial charge in [0, 0.05) is 63.2 Å². The lowest BCUT2D eigenvalue weighted by Gasteiger charge is -2.26. The number of carbonyl (C=O) groups excluding carboxylic acids is 3. The first kappa shape index (κ1) is 49.1. The minimum atomic E-state index is -3.09. The Labute approximate surface area is 408 Å². The maximum atomic E-state index is 13.1. The SMILES string of the molecule is Cc1c(C(=O)NN2CCS(=O)(=O)CC2)nc(-c2ccc(Cl)cc2Cl)n1-c1ccc(Br)cc1.Cc1c(C(=O)NN2CCS(=O)(=O)CC2)nc(-c2ccc(Cl)cc2Cl)n1-c1ccc(OC=O)cc1. The fourth-order valence-electron chi connectivity index (χ4n) is 7.13. The third-order valence-electron chi connectivity index (χ3n) is 10.6. The molecule has 16 nitrogen and oxygen atoms in total. The average Bonchev–Trinajstić information content (AvgIpc) is 3.79. The Kier molecular flexibility index (Phi) is 15.3. The average molecular weight is 1080 g/mol. The highest BCUT2D eigenvalue weighted by atomic mass is 79.9. The number of benzene rings is 4. The molecule has 2 amide bonds. The molecule has 0 aliphatic carbocycles. The first-order chi connectivity index (χ1) is 31.3. The summed E-state index contributed by atoms with van der Waals surface area (Å²) in [4.78, 5) is 46.0. The van der Waals surface area contributed by atoms with Gasteiger partial charge in [-0.3, -0.25) is 34.4 Å². The molecule has 4 aromatic carbocycles. The van der Waals surface area contributed by atoms with Crippen molar-refractivity contribution >= 4 is 100 Å².